The molecular formula is C14H10ClN3O. The fraction of sp³-hybridized carbons (Fsp3) is 0.0714. The Morgan fingerprint density at radius 2 is 2.21 bits per heavy atom. The summed E-state index contributed by atoms with van der Waals surface area (Å²) in [7, 11) is 0. The molecule has 0 radical (unpaired) electrons. The van der Waals surface area contributed by atoms with E-state index in [-0.39, 0.29) is 10.7 Å². The predicted molar refractivity (Wildman–Crippen MR) is 74.3 cm³/mol. The average molecular weight is 272 g/mol. The molecule has 0 saturated heterocycles. The van der Waals surface area contributed by atoms with Gasteiger partial charge in [-0.05, 0) is 30.7 Å². The maximum absolute atomic E-state index is 11.0. The number of aryl methyl sites for hydroxylation is 1. The fourth-order valence-electron chi connectivity index (χ4n) is 1.69. The minimum atomic E-state index is -0.789. The van der Waals surface area contributed by atoms with E-state index in [2.05, 4.69) is 4.98 Å². The average Bonchev–Trinajstić information content (AvgIpc) is 2.35. The number of halogens is 1. The van der Waals surface area contributed by atoms with Crippen LogP contribution in [0.2, 0.25) is 5.15 Å². The summed E-state index contributed by atoms with van der Waals surface area (Å²) in [6, 6.07) is 9.27. The van der Waals surface area contributed by atoms with E-state index in [1.54, 1.807) is 12.1 Å². The van der Waals surface area contributed by atoms with Gasteiger partial charge in [0, 0.05) is 10.9 Å². The van der Waals surface area contributed by atoms with Crippen molar-refractivity contribution in [3.63, 3.8) is 0 Å². The summed E-state index contributed by atoms with van der Waals surface area (Å²) in [4.78, 5) is 15.3. The fourth-order valence-corrected chi connectivity index (χ4v) is 1.89. The van der Waals surface area contributed by atoms with E-state index in [1.165, 1.54) is 6.08 Å². The summed E-state index contributed by atoms with van der Waals surface area (Å²) >= 11 is 6.04. The van der Waals surface area contributed by atoms with Gasteiger partial charge in [-0.15, -0.1) is 0 Å². The molecule has 2 N–H and O–H groups in total. The molecule has 5 heteroatoms. The molecule has 2 rings (SSSR count). The molecule has 0 saturated carbocycles. The second-order valence-electron chi connectivity index (χ2n) is 4.10. The SMILES string of the molecule is Cc1ccc2cc(/C=C(\C#N)C(N)=O)c(Cl)nc2c1. The Kier molecular flexibility index (Phi) is 3.50. The van der Waals surface area contributed by atoms with Crippen molar-refractivity contribution in [2.24, 2.45) is 5.73 Å². The highest BCUT2D eigenvalue weighted by Crippen LogP contribution is 2.23. The highest BCUT2D eigenvalue weighted by molar-refractivity contribution is 6.31. The zero-order valence-electron chi connectivity index (χ0n) is 10.1. The van der Waals surface area contributed by atoms with Crippen LogP contribution in [-0.2, 0) is 4.79 Å². The van der Waals surface area contributed by atoms with Crippen LogP contribution in [0.5, 0.6) is 0 Å². The molecule has 0 aliphatic rings. The first-order valence-electron chi connectivity index (χ1n) is 5.50. The number of carbonyl (C=O) groups is 1. The number of pyridine rings is 1. The lowest BCUT2D eigenvalue weighted by atomic mass is 10.1. The van der Waals surface area contributed by atoms with Crippen LogP contribution in [0, 0.1) is 18.3 Å². The lowest BCUT2D eigenvalue weighted by molar-refractivity contribution is -0.114. The molecule has 0 aliphatic carbocycles. The van der Waals surface area contributed by atoms with E-state index < -0.39 is 5.91 Å². The van der Waals surface area contributed by atoms with Crippen LogP contribution in [-0.4, -0.2) is 10.9 Å². The molecule has 0 spiro atoms. The number of hydrogen-bond acceptors (Lipinski definition) is 3. The normalized spacial score (nSPS) is 11.3. The number of amides is 1. The Morgan fingerprint density at radius 1 is 1.47 bits per heavy atom. The number of carbonyl (C=O) groups excluding carboxylic acids is 1. The van der Waals surface area contributed by atoms with E-state index in [4.69, 9.17) is 22.6 Å². The molecule has 0 fully saturated rings. The summed E-state index contributed by atoms with van der Waals surface area (Å²) in [6.45, 7) is 1.96. The molecule has 0 unspecified atom stereocenters. The van der Waals surface area contributed by atoms with Gasteiger partial charge in [-0.1, -0.05) is 23.7 Å². The van der Waals surface area contributed by atoms with Crippen molar-refractivity contribution in [1.82, 2.24) is 4.98 Å². The van der Waals surface area contributed by atoms with E-state index >= 15 is 0 Å². The van der Waals surface area contributed by atoms with E-state index in [0.29, 0.717) is 5.56 Å². The Balaban J connectivity index is 2.63. The molecule has 4 nitrogen and oxygen atoms in total. The maximum Gasteiger partial charge on any atom is 0.259 e. The number of benzene rings is 1. The van der Waals surface area contributed by atoms with Gasteiger partial charge in [-0.25, -0.2) is 4.98 Å². The highest BCUT2D eigenvalue weighted by atomic mass is 35.5. The minimum absolute atomic E-state index is 0.157. The Morgan fingerprint density at radius 3 is 2.84 bits per heavy atom. The third kappa shape index (κ3) is 2.72. The van der Waals surface area contributed by atoms with Crippen LogP contribution in [0.1, 0.15) is 11.1 Å². The van der Waals surface area contributed by atoms with Gasteiger partial charge in [0.05, 0.1) is 5.52 Å². The number of aromatic nitrogens is 1. The monoisotopic (exact) mass is 271 g/mol. The number of nitrogens with two attached hydrogens (primary N) is 1. The zero-order chi connectivity index (χ0) is 14.0. The van der Waals surface area contributed by atoms with Gasteiger partial charge >= 0.3 is 0 Å². The van der Waals surface area contributed by atoms with Gasteiger partial charge < -0.3 is 5.73 Å². The van der Waals surface area contributed by atoms with E-state index in [0.717, 1.165) is 16.5 Å². The summed E-state index contributed by atoms with van der Waals surface area (Å²) in [5.74, 6) is -0.789. The second kappa shape index (κ2) is 5.09. The number of primary amides is 1. The topological polar surface area (TPSA) is 79.8 Å². The van der Waals surface area contributed by atoms with Crippen molar-refractivity contribution in [1.29, 1.82) is 5.26 Å². The Bertz CT molecular complexity index is 744. The van der Waals surface area contributed by atoms with Crippen molar-refractivity contribution >= 4 is 34.5 Å². The molecule has 2 aromatic rings. The largest absolute Gasteiger partial charge is 0.365 e. The molecule has 1 aromatic carbocycles. The van der Waals surface area contributed by atoms with Crippen molar-refractivity contribution < 1.29 is 4.79 Å². The second-order valence-corrected chi connectivity index (χ2v) is 4.46. The summed E-state index contributed by atoms with van der Waals surface area (Å²) in [5, 5.41) is 9.92. The number of nitrogens with zero attached hydrogens (tertiary/aromatic N) is 2. The van der Waals surface area contributed by atoms with Crippen molar-refractivity contribution in [2.45, 2.75) is 6.92 Å². The molecule has 0 bridgehead atoms. The summed E-state index contributed by atoms with van der Waals surface area (Å²) in [6.07, 6.45) is 1.34. The van der Waals surface area contributed by atoms with Crippen LogP contribution >= 0.6 is 11.6 Å². The third-order valence-corrected chi connectivity index (χ3v) is 2.94. The Hall–Kier alpha value is -2.38. The first kappa shape index (κ1) is 13.1. The molecule has 0 aliphatic heterocycles. The first-order chi connectivity index (χ1) is 9.01. The third-order valence-electron chi connectivity index (χ3n) is 2.64. The maximum atomic E-state index is 11.0. The molecule has 0 atom stereocenters. The lowest BCUT2D eigenvalue weighted by Gasteiger charge is -2.03. The zero-order valence-corrected chi connectivity index (χ0v) is 10.9. The smallest absolute Gasteiger partial charge is 0.259 e. The number of rotatable bonds is 2. The number of fused-ring (bicyclic) bond motifs is 1. The van der Waals surface area contributed by atoms with Gasteiger partial charge in [0.25, 0.3) is 5.91 Å². The van der Waals surface area contributed by atoms with Crippen molar-refractivity contribution in [2.75, 3.05) is 0 Å². The minimum Gasteiger partial charge on any atom is -0.365 e. The summed E-state index contributed by atoms with van der Waals surface area (Å²) < 4.78 is 0. The van der Waals surface area contributed by atoms with Gasteiger partial charge in [0.15, 0.2) is 0 Å². The van der Waals surface area contributed by atoms with E-state index in [1.807, 2.05) is 25.1 Å². The van der Waals surface area contributed by atoms with Crippen molar-refractivity contribution in [3.8, 4) is 6.07 Å². The van der Waals surface area contributed by atoms with Gasteiger partial charge in [-0.2, -0.15) is 5.26 Å². The standard InChI is InChI=1S/C14H10ClN3O/c1-8-2-3-9-5-10(6-11(7-16)14(17)19)13(15)18-12(9)4-8/h2-6H,1H3,(H2,17,19)/b11-6+. The van der Waals surface area contributed by atoms with Gasteiger partial charge in [0.2, 0.25) is 0 Å². The predicted octanol–water partition coefficient (Wildman–Crippen LogP) is 2.59. The number of nitriles is 1. The first-order valence-corrected chi connectivity index (χ1v) is 5.87. The molecular weight excluding hydrogens is 262 g/mol. The highest BCUT2D eigenvalue weighted by Gasteiger charge is 2.08. The molecule has 94 valence electrons. The van der Waals surface area contributed by atoms with Crippen LogP contribution in [0.15, 0.2) is 29.8 Å². The molecule has 1 heterocycles. The van der Waals surface area contributed by atoms with E-state index in [9.17, 15) is 4.79 Å². The van der Waals surface area contributed by atoms with Gasteiger partial charge in [-0.3, -0.25) is 4.79 Å². The van der Waals surface area contributed by atoms with Crippen molar-refractivity contribution in [3.05, 3.63) is 46.1 Å². The quantitative estimate of drug-likeness (QED) is 0.518. The molecule has 19 heavy (non-hydrogen) atoms. The Labute approximate surface area is 115 Å². The summed E-state index contributed by atoms with van der Waals surface area (Å²) in [5.41, 5.74) is 7.26. The van der Waals surface area contributed by atoms with Crippen LogP contribution in [0.25, 0.3) is 17.0 Å². The number of hydrogen-bond donors (Lipinski definition) is 1. The van der Waals surface area contributed by atoms with Gasteiger partial charge in [0.1, 0.15) is 16.8 Å². The lowest BCUT2D eigenvalue weighted by Crippen LogP contribution is -2.12. The molecule has 1 amide bonds. The van der Waals surface area contributed by atoms with Crippen LogP contribution in [0.3, 0.4) is 0 Å². The van der Waals surface area contributed by atoms with Crippen LogP contribution < -0.4 is 5.73 Å². The molecule has 1 aromatic heterocycles. The van der Waals surface area contributed by atoms with Crippen LogP contribution in [0.4, 0.5) is 0 Å².